The van der Waals surface area contributed by atoms with E-state index >= 15 is 0 Å². The Morgan fingerprint density at radius 2 is 1.94 bits per heavy atom. The number of aliphatic hydroxyl groups excluding tert-OH is 1. The minimum absolute atomic E-state index is 0.0341. The Morgan fingerprint density at radius 1 is 1.24 bits per heavy atom. The Balaban J connectivity index is 2.49. The number of hydrogen-bond acceptors (Lipinski definition) is 3. The molecule has 7 heteroatoms. The normalized spacial score (nSPS) is 12.1. The van der Waals surface area contributed by atoms with Crippen molar-refractivity contribution in [3.8, 4) is 5.95 Å². The highest BCUT2D eigenvalue weighted by Gasteiger charge is 2.33. The highest BCUT2D eigenvalue weighted by Crippen LogP contribution is 2.32. The largest absolute Gasteiger partial charge is 0.575 e. The molecule has 0 aliphatic heterocycles. The standard InChI is InChI=1S/C10H6F4O3/c11-7-1-5-3-8(17-10(12,13)14)16-9(5)6(2-7)4-15/h1-3,15H,4H2. The number of fused-ring (bicyclic) bond motifs is 1. The first-order valence-corrected chi connectivity index (χ1v) is 4.47. The Labute approximate surface area is 92.2 Å². The summed E-state index contributed by atoms with van der Waals surface area (Å²) < 4.78 is 57.1. The zero-order chi connectivity index (χ0) is 12.6. The summed E-state index contributed by atoms with van der Waals surface area (Å²) in [7, 11) is 0. The summed E-state index contributed by atoms with van der Waals surface area (Å²) in [4.78, 5) is 0. The van der Waals surface area contributed by atoms with E-state index in [9.17, 15) is 17.6 Å². The van der Waals surface area contributed by atoms with E-state index in [2.05, 4.69) is 4.74 Å². The molecule has 0 amide bonds. The number of rotatable bonds is 2. The second-order valence-electron chi connectivity index (χ2n) is 3.25. The van der Waals surface area contributed by atoms with Crippen molar-refractivity contribution >= 4 is 11.0 Å². The minimum atomic E-state index is -4.88. The summed E-state index contributed by atoms with van der Waals surface area (Å²) in [5.74, 6) is -1.48. The molecule has 0 atom stereocenters. The fourth-order valence-electron chi connectivity index (χ4n) is 1.44. The van der Waals surface area contributed by atoms with Crippen LogP contribution in [0, 0.1) is 5.82 Å². The molecule has 0 bridgehead atoms. The minimum Gasteiger partial charge on any atom is -0.425 e. The van der Waals surface area contributed by atoms with E-state index in [-0.39, 0.29) is 16.5 Å². The average Bonchev–Trinajstić information content (AvgIpc) is 2.55. The van der Waals surface area contributed by atoms with E-state index in [0.717, 1.165) is 18.2 Å². The lowest BCUT2D eigenvalue weighted by Gasteiger charge is -2.04. The van der Waals surface area contributed by atoms with E-state index in [1.54, 1.807) is 0 Å². The summed E-state index contributed by atoms with van der Waals surface area (Å²) >= 11 is 0. The Morgan fingerprint density at radius 3 is 2.53 bits per heavy atom. The smallest absolute Gasteiger partial charge is 0.425 e. The molecule has 1 aromatic carbocycles. The number of aliphatic hydroxyl groups is 1. The summed E-state index contributed by atoms with van der Waals surface area (Å²) in [6.45, 7) is -0.548. The van der Waals surface area contributed by atoms with Crippen LogP contribution in [0.1, 0.15) is 5.56 Å². The molecule has 0 unspecified atom stereocenters. The van der Waals surface area contributed by atoms with Crippen molar-refractivity contribution in [1.29, 1.82) is 0 Å². The fraction of sp³-hybridized carbons (Fsp3) is 0.200. The first kappa shape index (κ1) is 11.7. The van der Waals surface area contributed by atoms with Crippen LogP contribution < -0.4 is 4.74 Å². The van der Waals surface area contributed by atoms with Gasteiger partial charge in [0.15, 0.2) is 0 Å². The number of hydrogen-bond donors (Lipinski definition) is 1. The molecule has 1 aromatic heterocycles. The Bertz CT molecular complexity index is 544. The second kappa shape index (κ2) is 3.92. The van der Waals surface area contributed by atoms with Gasteiger partial charge in [0, 0.05) is 17.0 Å². The van der Waals surface area contributed by atoms with Crippen LogP contribution in [0.5, 0.6) is 5.95 Å². The van der Waals surface area contributed by atoms with Gasteiger partial charge in [-0.25, -0.2) is 4.39 Å². The first-order valence-electron chi connectivity index (χ1n) is 4.47. The molecule has 2 aromatic rings. The molecule has 0 fully saturated rings. The van der Waals surface area contributed by atoms with E-state index < -0.39 is 24.7 Å². The first-order chi connectivity index (χ1) is 7.89. The maximum absolute atomic E-state index is 13.0. The summed E-state index contributed by atoms with van der Waals surface area (Å²) in [6, 6.07) is 2.87. The number of benzene rings is 1. The topological polar surface area (TPSA) is 42.6 Å². The van der Waals surface area contributed by atoms with Crippen molar-refractivity contribution in [1.82, 2.24) is 0 Å². The van der Waals surface area contributed by atoms with Crippen molar-refractivity contribution in [3.05, 3.63) is 29.6 Å². The number of alkyl halides is 3. The van der Waals surface area contributed by atoms with Gasteiger partial charge in [-0.1, -0.05) is 0 Å². The second-order valence-corrected chi connectivity index (χ2v) is 3.25. The molecule has 3 nitrogen and oxygen atoms in total. The van der Waals surface area contributed by atoms with Crippen LogP contribution in [0.25, 0.3) is 11.0 Å². The van der Waals surface area contributed by atoms with E-state index in [4.69, 9.17) is 9.52 Å². The van der Waals surface area contributed by atoms with Crippen LogP contribution >= 0.6 is 0 Å². The van der Waals surface area contributed by atoms with Crippen LogP contribution in [0.15, 0.2) is 22.6 Å². The molecule has 0 saturated heterocycles. The third-order valence-corrected chi connectivity index (χ3v) is 2.02. The van der Waals surface area contributed by atoms with Crippen molar-refractivity contribution < 1.29 is 31.8 Å². The predicted octanol–water partition coefficient (Wildman–Crippen LogP) is 2.96. The van der Waals surface area contributed by atoms with Crippen LogP contribution in [-0.4, -0.2) is 11.5 Å². The molecule has 1 heterocycles. The highest BCUT2D eigenvalue weighted by molar-refractivity contribution is 5.81. The molecule has 0 aliphatic carbocycles. The number of furan rings is 1. The van der Waals surface area contributed by atoms with Gasteiger partial charge in [-0.2, -0.15) is 0 Å². The predicted molar refractivity (Wildman–Crippen MR) is 48.8 cm³/mol. The monoisotopic (exact) mass is 250 g/mol. The van der Waals surface area contributed by atoms with Crippen LogP contribution in [-0.2, 0) is 6.61 Å². The van der Waals surface area contributed by atoms with Gasteiger partial charge in [-0.15, -0.1) is 13.2 Å². The van der Waals surface area contributed by atoms with Gasteiger partial charge in [0.1, 0.15) is 11.4 Å². The molecular weight excluding hydrogens is 244 g/mol. The van der Waals surface area contributed by atoms with Gasteiger partial charge >= 0.3 is 6.36 Å². The lowest BCUT2D eigenvalue weighted by molar-refractivity contribution is -0.280. The molecule has 17 heavy (non-hydrogen) atoms. The van der Waals surface area contributed by atoms with Crippen LogP contribution in [0.4, 0.5) is 17.6 Å². The Hall–Kier alpha value is -1.76. The van der Waals surface area contributed by atoms with Crippen LogP contribution in [0.3, 0.4) is 0 Å². The zero-order valence-electron chi connectivity index (χ0n) is 8.21. The molecule has 0 spiro atoms. The van der Waals surface area contributed by atoms with Gasteiger partial charge < -0.3 is 14.3 Å². The summed E-state index contributed by atoms with van der Waals surface area (Å²) in [5, 5.41) is 9.00. The number of ether oxygens (including phenoxy) is 1. The molecular formula is C10H6F4O3. The van der Waals surface area contributed by atoms with Gasteiger partial charge in [0.25, 0.3) is 5.95 Å². The summed E-state index contributed by atoms with van der Waals surface area (Å²) in [5.41, 5.74) is 0.0187. The molecule has 2 rings (SSSR count). The fourth-order valence-corrected chi connectivity index (χ4v) is 1.44. The molecule has 0 saturated carbocycles. The molecule has 0 radical (unpaired) electrons. The SMILES string of the molecule is OCc1cc(F)cc2cc(OC(F)(F)F)oc12. The average molecular weight is 250 g/mol. The molecule has 1 N–H and O–H groups in total. The van der Waals surface area contributed by atoms with Crippen molar-refractivity contribution in [3.63, 3.8) is 0 Å². The summed E-state index contributed by atoms with van der Waals surface area (Å²) in [6.07, 6.45) is -4.88. The Kier molecular flexibility index (Phi) is 2.70. The van der Waals surface area contributed by atoms with Gasteiger partial charge in [-0.3, -0.25) is 0 Å². The van der Waals surface area contributed by atoms with Gasteiger partial charge in [0.2, 0.25) is 0 Å². The van der Waals surface area contributed by atoms with Crippen molar-refractivity contribution in [2.75, 3.05) is 0 Å². The quantitative estimate of drug-likeness (QED) is 0.833. The number of halogens is 4. The lowest BCUT2D eigenvalue weighted by Crippen LogP contribution is -2.16. The van der Waals surface area contributed by atoms with Gasteiger partial charge in [0.05, 0.1) is 6.61 Å². The highest BCUT2D eigenvalue weighted by atomic mass is 19.4. The van der Waals surface area contributed by atoms with E-state index in [1.165, 1.54) is 0 Å². The lowest BCUT2D eigenvalue weighted by atomic mass is 10.1. The van der Waals surface area contributed by atoms with Crippen molar-refractivity contribution in [2.24, 2.45) is 0 Å². The maximum Gasteiger partial charge on any atom is 0.575 e. The molecule has 0 aliphatic rings. The van der Waals surface area contributed by atoms with E-state index in [0.29, 0.717) is 0 Å². The molecule has 92 valence electrons. The van der Waals surface area contributed by atoms with Crippen LogP contribution in [0.2, 0.25) is 0 Å². The zero-order valence-corrected chi connectivity index (χ0v) is 8.21. The van der Waals surface area contributed by atoms with E-state index in [1.807, 2.05) is 0 Å². The maximum atomic E-state index is 13.0. The third kappa shape index (κ3) is 2.50. The third-order valence-electron chi connectivity index (χ3n) is 2.02. The van der Waals surface area contributed by atoms with Gasteiger partial charge in [-0.05, 0) is 12.1 Å². The van der Waals surface area contributed by atoms with Crippen molar-refractivity contribution in [2.45, 2.75) is 13.0 Å².